The number of primary amides is 1. The summed E-state index contributed by atoms with van der Waals surface area (Å²) >= 11 is 0. The molecule has 1 amide bonds. The molecule has 1 aliphatic carbocycles. The molecule has 30 heavy (non-hydrogen) atoms. The summed E-state index contributed by atoms with van der Waals surface area (Å²) in [5, 5.41) is 7.88. The number of nitrogens with two attached hydrogens (primary N) is 1. The fraction of sp³-hybridized carbons (Fsp3) is 0.364. The Hall–Kier alpha value is -3.60. The number of aromatic nitrogens is 4. The van der Waals surface area contributed by atoms with Crippen molar-refractivity contribution in [2.45, 2.75) is 38.1 Å². The molecular weight excluding hydrogens is 378 g/mol. The van der Waals surface area contributed by atoms with Gasteiger partial charge in [-0.1, -0.05) is 5.92 Å². The van der Waals surface area contributed by atoms with E-state index in [-0.39, 0.29) is 17.9 Å². The average Bonchev–Trinajstić information content (AvgIpc) is 3.17. The molecule has 0 aromatic carbocycles. The molecule has 5 N–H and O–H groups in total. The minimum absolute atomic E-state index is 0.0296. The third-order valence-corrected chi connectivity index (χ3v) is 5.66. The summed E-state index contributed by atoms with van der Waals surface area (Å²) in [5.74, 6) is 3.58. The number of nitrogens with zero attached hydrogens (tertiary/aromatic N) is 3. The Morgan fingerprint density at radius 2 is 2.13 bits per heavy atom. The van der Waals surface area contributed by atoms with Crippen molar-refractivity contribution in [1.82, 2.24) is 19.9 Å². The third-order valence-electron chi connectivity index (χ3n) is 5.66. The Kier molecular flexibility index (Phi) is 5.80. The van der Waals surface area contributed by atoms with Crippen LogP contribution in [0.2, 0.25) is 0 Å². The van der Waals surface area contributed by atoms with Gasteiger partial charge in [0, 0.05) is 36.3 Å². The number of hydrogen-bond donors (Lipinski definition) is 4. The highest BCUT2D eigenvalue weighted by atomic mass is 16.1. The van der Waals surface area contributed by atoms with Crippen molar-refractivity contribution in [2.24, 2.45) is 11.7 Å². The number of carbonyl (C=O) groups excluding carboxylic acids is 1. The summed E-state index contributed by atoms with van der Waals surface area (Å²) in [6.07, 6.45) is 17.0. The van der Waals surface area contributed by atoms with Crippen LogP contribution in [0, 0.1) is 18.3 Å². The Morgan fingerprint density at radius 3 is 2.90 bits per heavy atom. The quantitative estimate of drug-likeness (QED) is 0.450. The van der Waals surface area contributed by atoms with Gasteiger partial charge in [0.25, 0.3) is 0 Å². The highest BCUT2D eigenvalue weighted by Gasteiger charge is 2.25. The third kappa shape index (κ3) is 4.35. The fourth-order valence-electron chi connectivity index (χ4n) is 3.95. The number of aromatic amines is 1. The maximum Gasteiger partial charge on any atom is 0.224 e. The second kappa shape index (κ2) is 8.82. The first-order valence-electron chi connectivity index (χ1n) is 10.2. The summed E-state index contributed by atoms with van der Waals surface area (Å²) in [6, 6.07) is 2.23. The molecule has 3 heterocycles. The van der Waals surface area contributed by atoms with Crippen molar-refractivity contribution >= 4 is 28.6 Å². The highest BCUT2D eigenvalue weighted by molar-refractivity contribution is 5.82. The lowest BCUT2D eigenvalue weighted by Gasteiger charge is -2.28. The number of hydrogen-bond acceptors (Lipinski definition) is 6. The SMILES string of the molecule is C#Cc1cnc(NCCc2c[nH]c3cnccc23)nc1NC1CCC(C(N)=O)CC1. The Bertz CT molecular complexity index is 1080. The van der Waals surface area contributed by atoms with Crippen molar-refractivity contribution in [3.8, 4) is 12.3 Å². The molecule has 8 nitrogen and oxygen atoms in total. The van der Waals surface area contributed by atoms with E-state index >= 15 is 0 Å². The van der Waals surface area contributed by atoms with Crippen molar-refractivity contribution in [3.05, 3.63) is 42.0 Å². The Labute approximate surface area is 175 Å². The normalized spacial score (nSPS) is 18.6. The van der Waals surface area contributed by atoms with Crippen LogP contribution in [0.5, 0.6) is 0 Å². The van der Waals surface area contributed by atoms with Crippen LogP contribution in [0.4, 0.5) is 11.8 Å². The van der Waals surface area contributed by atoms with Gasteiger partial charge >= 0.3 is 0 Å². The number of rotatable bonds is 7. The second-order valence-corrected chi connectivity index (χ2v) is 7.61. The van der Waals surface area contributed by atoms with E-state index in [0.717, 1.165) is 37.6 Å². The maximum atomic E-state index is 11.4. The van der Waals surface area contributed by atoms with Crippen LogP contribution in [-0.2, 0) is 11.2 Å². The molecule has 3 aromatic rings. The lowest BCUT2D eigenvalue weighted by atomic mass is 9.85. The fourth-order valence-corrected chi connectivity index (χ4v) is 3.95. The number of terminal acetylenes is 1. The van der Waals surface area contributed by atoms with E-state index in [2.05, 4.69) is 36.5 Å². The molecule has 0 bridgehead atoms. The van der Waals surface area contributed by atoms with Gasteiger partial charge in [-0.05, 0) is 43.7 Å². The van der Waals surface area contributed by atoms with Gasteiger partial charge in [-0.25, -0.2) is 4.98 Å². The minimum atomic E-state index is -0.210. The Morgan fingerprint density at radius 1 is 1.30 bits per heavy atom. The summed E-state index contributed by atoms with van der Waals surface area (Å²) < 4.78 is 0. The molecule has 1 fully saturated rings. The molecule has 3 aromatic heterocycles. The van der Waals surface area contributed by atoms with E-state index < -0.39 is 0 Å². The molecule has 1 saturated carbocycles. The molecule has 1 aliphatic rings. The summed E-state index contributed by atoms with van der Waals surface area (Å²) in [6.45, 7) is 0.688. The number of carbonyl (C=O) groups is 1. The molecule has 8 heteroatoms. The van der Waals surface area contributed by atoms with Crippen LogP contribution in [0.3, 0.4) is 0 Å². The monoisotopic (exact) mass is 403 g/mol. The van der Waals surface area contributed by atoms with E-state index in [1.54, 1.807) is 12.4 Å². The predicted octanol–water partition coefficient (Wildman–Crippen LogP) is 2.44. The van der Waals surface area contributed by atoms with Crippen molar-refractivity contribution in [1.29, 1.82) is 0 Å². The predicted molar refractivity (Wildman–Crippen MR) is 117 cm³/mol. The molecule has 154 valence electrons. The van der Waals surface area contributed by atoms with Crippen molar-refractivity contribution in [3.63, 3.8) is 0 Å². The molecule has 4 rings (SSSR count). The largest absolute Gasteiger partial charge is 0.369 e. The van der Waals surface area contributed by atoms with Crippen LogP contribution in [0.1, 0.15) is 36.8 Å². The zero-order valence-electron chi connectivity index (χ0n) is 16.7. The van der Waals surface area contributed by atoms with E-state index in [1.165, 1.54) is 10.9 Å². The molecular formula is C22H25N7O. The maximum absolute atomic E-state index is 11.4. The first-order valence-corrected chi connectivity index (χ1v) is 10.2. The molecule has 0 saturated heterocycles. The van der Waals surface area contributed by atoms with Crippen molar-refractivity contribution < 1.29 is 4.79 Å². The zero-order valence-corrected chi connectivity index (χ0v) is 16.7. The summed E-state index contributed by atoms with van der Waals surface area (Å²) in [5.41, 5.74) is 8.29. The van der Waals surface area contributed by atoms with E-state index in [0.29, 0.717) is 23.9 Å². The van der Waals surface area contributed by atoms with E-state index in [4.69, 9.17) is 12.2 Å². The number of H-pyrrole nitrogens is 1. The van der Waals surface area contributed by atoms with Crippen LogP contribution in [0.25, 0.3) is 10.9 Å². The summed E-state index contributed by atoms with van der Waals surface area (Å²) in [4.78, 5) is 27.6. The lowest BCUT2D eigenvalue weighted by Crippen LogP contribution is -2.32. The second-order valence-electron chi connectivity index (χ2n) is 7.61. The van der Waals surface area contributed by atoms with Crippen molar-refractivity contribution in [2.75, 3.05) is 17.2 Å². The van der Waals surface area contributed by atoms with Gasteiger partial charge in [-0.3, -0.25) is 9.78 Å². The van der Waals surface area contributed by atoms with E-state index in [9.17, 15) is 4.79 Å². The van der Waals surface area contributed by atoms with E-state index in [1.807, 2.05) is 18.5 Å². The molecule has 0 unspecified atom stereocenters. The van der Waals surface area contributed by atoms with Gasteiger partial charge in [0.05, 0.1) is 23.5 Å². The van der Waals surface area contributed by atoms with Gasteiger partial charge < -0.3 is 21.4 Å². The Balaban J connectivity index is 1.38. The summed E-state index contributed by atoms with van der Waals surface area (Å²) in [7, 11) is 0. The first kappa shape index (κ1) is 19.7. The zero-order chi connectivity index (χ0) is 20.9. The first-order chi connectivity index (χ1) is 14.6. The average molecular weight is 403 g/mol. The molecule has 0 radical (unpaired) electrons. The van der Waals surface area contributed by atoms with Crippen LogP contribution in [-0.4, -0.2) is 38.4 Å². The van der Waals surface area contributed by atoms with Gasteiger partial charge in [0.2, 0.25) is 11.9 Å². The number of fused-ring (bicyclic) bond motifs is 1. The smallest absolute Gasteiger partial charge is 0.224 e. The lowest BCUT2D eigenvalue weighted by molar-refractivity contribution is -0.122. The number of nitrogens with one attached hydrogen (secondary N) is 3. The number of amides is 1. The van der Waals surface area contributed by atoms with Gasteiger partial charge in [-0.2, -0.15) is 4.98 Å². The topological polar surface area (TPSA) is 122 Å². The van der Waals surface area contributed by atoms with Gasteiger partial charge in [-0.15, -0.1) is 6.42 Å². The minimum Gasteiger partial charge on any atom is -0.369 e. The highest BCUT2D eigenvalue weighted by Crippen LogP contribution is 2.27. The molecule has 0 aliphatic heterocycles. The van der Waals surface area contributed by atoms with Crippen LogP contribution >= 0.6 is 0 Å². The van der Waals surface area contributed by atoms with Gasteiger partial charge in [0.15, 0.2) is 0 Å². The van der Waals surface area contributed by atoms with Gasteiger partial charge in [0.1, 0.15) is 5.82 Å². The molecule has 0 atom stereocenters. The standard InChI is InChI=1S/C22H25N7O/c1-2-14-11-27-22(25-10-7-16-12-26-19-13-24-9-8-18(16)19)29-21(14)28-17-5-3-15(4-6-17)20(23)30/h1,8-9,11-13,15,17,26H,3-7,10H2,(H2,23,30)(H2,25,27,28,29). The molecule has 0 spiro atoms. The number of anilines is 2. The van der Waals surface area contributed by atoms with Crippen LogP contribution in [0.15, 0.2) is 30.9 Å². The number of pyridine rings is 1. The van der Waals surface area contributed by atoms with Crippen LogP contribution < -0.4 is 16.4 Å².